The minimum atomic E-state index is -0.913. The predicted molar refractivity (Wildman–Crippen MR) is 135 cm³/mol. The van der Waals surface area contributed by atoms with Gasteiger partial charge in [-0.1, -0.05) is 77.1 Å². The standard InChI is InChI=1S/C30H34O3/c1-6-17-33-27-10-8-7-9-22(27)20-11-13-23(28(31)32)24(18-20)21-12-14-25-26(19-21)30(4,5)16-15-29(25,2)3/h7-14,18-19H,6,15-17H2,1-5H3,(H,31,32). The molecule has 0 atom stereocenters. The molecule has 0 fully saturated rings. The molecule has 0 aromatic heterocycles. The van der Waals surface area contributed by atoms with Crippen LogP contribution in [0.5, 0.6) is 5.75 Å². The maximum atomic E-state index is 12.1. The third kappa shape index (κ3) is 4.42. The van der Waals surface area contributed by atoms with E-state index >= 15 is 0 Å². The highest BCUT2D eigenvalue weighted by Crippen LogP contribution is 2.47. The average Bonchev–Trinajstić information content (AvgIpc) is 2.80. The zero-order chi connectivity index (χ0) is 23.8. The SMILES string of the molecule is CCCOc1ccccc1-c1ccc(C(=O)O)c(-c2ccc3c(c2)C(C)(C)CCC3(C)C)c1. The van der Waals surface area contributed by atoms with Crippen LogP contribution in [-0.4, -0.2) is 17.7 Å². The number of hydrogen-bond donors (Lipinski definition) is 1. The molecule has 0 saturated heterocycles. The van der Waals surface area contributed by atoms with Gasteiger partial charge in [0.2, 0.25) is 0 Å². The quantitative estimate of drug-likeness (QED) is 0.423. The summed E-state index contributed by atoms with van der Waals surface area (Å²) >= 11 is 0. The molecule has 0 amide bonds. The number of fused-ring (bicyclic) bond motifs is 1. The molecule has 33 heavy (non-hydrogen) atoms. The molecule has 0 aliphatic heterocycles. The number of rotatable bonds is 6. The highest BCUT2D eigenvalue weighted by molar-refractivity contribution is 5.97. The molecule has 0 unspecified atom stereocenters. The van der Waals surface area contributed by atoms with E-state index in [-0.39, 0.29) is 10.8 Å². The van der Waals surface area contributed by atoms with Crippen LogP contribution < -0.4 is 4.74 Å². The number of benzene rings is 3. The minimum absolute atomic E-state index is 0.0580. The molecule has 1 aliphatic rings. The van der Waals surface area contributed by atoms with Gasteiger partial charge in [0.25, 0.3) is 0 Å². The van der Waals surface area contributed by atoms with Crippen molar-refractivity contribution in [3.05, 3.63) is 77.4 Å². The van der Waals surface area contributed by atoms with Crippen molar-refractivity contribution in [2.75, 3.05) is 6.61 Å². The van der Waals surface area contributed by atoms with E-state index in [9.17, 15) is 9.90 Å². The van der Waals surface area contributed by atoms with E-state index in [1.807, 2.05) is 36.4 Å². The van der Waals surface area contributed by atoms with Gasteiger partial charge in [0.1, 0.15) is 5.75 Å². The Morgan fingerprint density at radius 1 is 0.848 bits per heavy atom. The van der Waals surface area contributed by atoms with Gasteiger partial charge in [0, 0.05) is 5.56 Å². The van der Waals surface area contributed by atoms with Crippen LogP contribution in [0.15, 0.2) is 60.7 Å². The third-order valence-electron chi connectivity index (χ3n) is 7.07. The number of para-hydroxylation sites is 1. The number of hydrogen-bond acceptors (Lipinski definition) is 2. The molecular formula is C30H34O3. The lowest BCUT2D eigenvalue weighted by Crippen LogP contribution is -2.33. The largest absolute Gasteiger partial charge is 0.493 e. The van der Waals surface area contributed by atoms with Crippen molar-refractivity contribution in [1.82, 2.24) is 0 Å². The molecule has 3 aromatic carbocycles. The van der Waals surface area contributed by atoms with E-state index in [2.05, 4.69) is 52.8 Å². The number of aromatic carboxylic acids is 1. The molecule has 172 valence electrons. The van der Waals surface area contributed by atoms with Crippen LogP contribution in [0.25, 0.3) is 22.3 Å². The topological polar surface area (TPSA) is 46.5 Å². The Labute approximate surface area is 197 Å². The summed E-state index contributed by atoms with van der Waals surface area (Å²) in [6.07, 6.45) is 3.19. The monoisotopic (exact) mass is 442 g/mol. The second-order valence-corrected chi connectivity index (χ2v) is 10.4. The molecule has 0 radical (unpaired) electrons. The van der Waals surface area contributed by atoms with Gasteiger partial charge in [-0.2, -0.15) is 0 Å². The van der Waals surface area contributed by atoms with Crippen molar-refractivity contribution in [2.24, 2.45) is 0 Å². The van der Waals surface area contributed by atoms with Crippen molar-refractivity contribution < 1.29 is 14.6 Å². The fraction of sp³-hybridized carbons (Fsp3) is 0.367. The van der Waals surface area contributed by atoms with Crippen molar-refractivity contribution in [3.63, 3.8) is 0 Å². The Balaban J connectivity index is 1.88. The first kappa shape index (κ1) is 23.1. The second-order valence-electron chi connectivity index (χ2n) is 10.4. The van der Waals surface area contributed by atoms with Crippen molar-refractivity contribution in [3.8, 4) is 28.0 Å². The second kappa shape index (κ2) is 8.70. The molecule has 3 aromatic rings. The van der Waals surface area contributed by atoms with E-state index in [0.717, 1.165) is 47.3 Å². The number of carboxylic acid groups (broad SMARTS) is 1. The van der Waals surface area contributed by atoms with Gasteiger partial charge in [-0.25, -0.2) is 4.79 Å². The van der Waals surface area contributed by atoms with Crippen LogP contribution in [0.4, 0.5) is 0 Å². The Bertz CT molecular complexity index is 1190. The van der Waals surface area contributed by atoms with Crippen LogP contribution in [-0.2, 0) is 10.8 Å². The van der Waals surface area contributed by atoms with E-state index in [1.54, 1.807) is 6.07 Å². The Hall–Kier alpha value is -3.07. The van der Waals surface area contributed by atoms with Crippen LogP contribution in [0.1, 0.15) is 75.4 Å². The lowest BCUT2D eigenvalue weighted by Gasteiger charge is -2.42. The van der Waals surface area contributed by atoms with Gasteiger partial charge >= 0.3 is 5.97 Å². The Kier molecular flexibility index (Phi) is 6.09. The van der Waals surface area contributed by atoms with Crippen LogP contribution in [0.2, 0.25) is 0 Å². The van der Waals surface area contributed by atoms with E-state index in [4.69, 9.17) is 4.74 Å². The first-order valence-electron chi connectivity index (χ1n) is 11.9. The van der Waals surface area contributed by atoms with Crippen LogP contribution >= 0.6 is 0 Å². The lowest BCUT2D eigenvalue weighted by molar-refractivity contribution is 0.0697. The summed E-state index contributed by atoms with van der Waals surface area (Å²) in [4.78, 5) is 12.1. The Morgan fingerprint density at radius 3 is 2.18 bits per heavy atom. The summed E-state index contributed by atoms with van der Waals surface area (Å²) < 4.78 is 5.97. The highest BCUT2D eigenvalue weighted by atomic mass is 16.5. The maximum absolute atomic E-state index is 12.1. The number of ether oxygens (including phenoxy) is 1. The summed E-state index contributed by atoms with van der Waals surface area (Å²) in [6.45, 7) is 11.9. The molecule has 0 spiro atoms. The maximum Gasteiger partial charge on any atom is 0.336 e. The highest BCUT2D eigenvalue weighted by Gasteiger charge is 2.37. The van der Waals surface area contributed by atoms with Crippen LogP contribution in [0.3, 0.4) is 0 Å². The van der Waals surface area contributed by atoms with Crippen molar-refractivity contribution in [2.45, 2.75) is 64.7 Å². The first-order chi connectivity index (χ1) is 15.6. The summed E-state index contributed by atoms with van der Waals surface area (Å²) in [7, 11) is 0. The molecule has 1 N–H and O–H groups in total. The van der Waals surface area contributed by atoms with E-state index in [1.165, 1.54) is 11.1 Å². The van der Waals surface area contributed by atoms with Gasteiger partial charge < -0.3 is 9.84 Å². The van der Waals surface area contributed by atoms with Gasteiger partial charge in [-0.05, 0) is 76.1 Å². The molecular weight excluding hydrogens is 408 g/mol. The molecule has 0 saturated carbocycles. The zero-order valence-corrected chi connectivity index (χ0v) is 20.4. The van der Waals surface area contributed by atoms with E-state index in [0.29, 0.717) is 12.2 Å². The fourth-order valence-corrected chi connectivity index (χ4v) is 4.94. The molecule has 0 heterocycles. The van der Waals surface area contributed by atoms with Gasteiger partial charge in [0.05, 0.1) is 12.2 Å². The summed E-state index contributed by atoms with van der Waals surface area (Å²) in [5.41, 5.74) is 6.82. The fourth-order valence-electron chi connectivity index (χ4n) is 4.94. The predicted octanol–water partition coefficient (Wildman–Crippen LogP) is 7.86. The first-order valence-corrected chi connectivity index (χ1v) is 11.9. The molecule has 4 rings (SSSR count). The zero-order valence-electron chi connectivity index (χ0n) is 20.4. The van der Waals surface area contributed by atoms with Crippen molar-refractivity contribution >= 4 is 5.97 Å². The lowest BCUT2D eigenvalue weighted by atomic mass is 9.63. The van der Waals surface area contributed by atoms with Gasteiger partial charge in [-0.3, -0.25) is 0 Å². The smallest absolute Gasteiger partial charge is 0.336 e. The minimum Gasteiger partial charge on any atom is -0.493 e. The molecule has 1 aliphatic carbocycles. The Morgan fingerprint density at radius 2 is 1.48 bits per heavy atom. The molecule has 0 bridgehead atoms. The summed E-state index contributed by atoms with van der Waals surface area (Å²) in [5.74, 6) is -0.0916. The normalized spacial score (nSPS) is 16.2. The summed E-state index contributed by atoms with van der Waals surface area (Å²) in [6, 6.07) is 20.1. The van der Waals surface area contributed by atoms with Crippen molar-refractivity contribution in [1.29, 1.82) is 0 Å². The summed E-state index contributed by atoms with van der Waals surface area (Å²) in [5, 5.41) is 9.96. The number of carboxylic acids is 1. The third-order valence-corrected chi connectivity index (χ3v) is 7.07. The molecule has 3 nitrogen and oxygen atoms in total. The average molecular weight is 443 g/mol. The number of carbonyl (C=O) groups is 1. The van der Waals surface area contributed by atoms with Crippen LogP contribution in [0, 0.1) is 0 Å². The van der Waals surface area contributed by atoms with E-state index < -0.39 is 5.97 Å². The van der Waals surface area contributed by atoms with Gasteiger partial charge in [0.15, 0.2) is 0 Å². The van der Waals surface area contributed by atoms with Gasteiger partial charge in [-0.15, -0.1) is 0 Å². The molecule has 3 heteroatoms.